The number of halogens is 1. The molecule has 0 aromatic heterocycles. The van der Waals surface area contributed by atoms with Crippen molar-refractivity contribution in [3.63, 3.8) is 0 Å². The van der Waals surface area contributed by atoms with Crippen LogP contribution >= 0.6 is 11.6 Å². The predicted molar refractivity (Wildman–Crippen MR) is 91.2 cm³/mol. The van der Waals surface area contributed by atoms with Crippen molar-refractivity contribution in [3.8, 4) is 5.75 Å². The molecule has 1 aromatic carbocycles. The number of carbonyl (C=O) groups is 3. The van der Waals surface area contributed by atoms with Gasteiger partial charge in [-0.05, 0) is 36.6 Å². The number of esters is 2. The zero-order valence-corrected chi connectivity index (χ0v) is 18.0. The van der Waals surface area contributed by atoms with Crippen LogP contribution in [0, 0.1) is 5.92 Å². The Morgan fingerprint density at radius 2 is 1.73 bits per heavy atom. The Morgan fingerprint density at radius 3 is 2.35 bits per heavy atom. The molecular formula is C17H22ClNNaO6+. The summed E-state index contributed by atoms with van der Waals surface area (Å²) in [5, 5.41) is 3.00. The van der Waals surface area contributed by atoms with E-state index in [0.717, 1.165) is 0 Å². The van der Waals surface area contributed by atoms with Gasteiger partial charge in [-0.1, -0.05) is 25.4 Å². The van der Waals surface area contributed by atoms with Crippen LogP contribution in [0.2, 0.25) is 5.02 Å². The molecule has 0 aliphatic rings. The first-order chi connectivity index (χ1) is 11.9. The van der Waals surface area contributed by atoms with Crippen LogP contribution in [-0.2, 0) is 19.1 Å². The summed E-state index contributed by atoms with van der Waals surface area (Å²) in [6, 6.07) is 6.43. The Labute approximate surface area is 180 Å². The summed E-state index contributed by atoms with van der Waals surface area (Å²) >= 11 is 5.74. The fourth-order valence-electron chi connectivity index (χ4n) is 1.70. The Balaban J connectivity index is 0.00000625. The summed E-state index contributed by atoms with van der Waals surface area (Å²) in [5.74, 6) is -0.258. The smallest absolute Gasteiger partial charge is 0.428 e. The fourth-order valence-corrected chi connectivity index (χ4v) is 1.83. The van der Waals surface area contributed by atoms with Gasteiger partial charge in [0.15, 0.2) is 0 Å². The number of nitrogens with one attached hydrogen (secondary N) is 1. The van der Waals surface area contributed by atoms with Gasteiger partial charge in [0.25, 0.3) is 0 Å². The molecule has 0 fully saturated rings. The first kappa shape index (κ1) is 24.7. The summed E-state index contributed by atoms with van der Waals surface area (Å²) in [7, 11) is 0. The summed E-state index contributed by atoms with van der Waals surface area (Å²) < 4.78 is 14.5. The molecule has 1 rings (SSSR count). The maximum atomic E-state index is 11.6. The van der Waals surface area contributed by atoms with E-state index in [0.29, 0.717) is 17.2 Å². The van der Waals surface area contributed by atoms with Crippen molar-refractivity contribution in [1.29, 1.82) is 0 Å². The van der Waals surface area contributed by atoms with Crippen LogP contribution < -0.4 is 39.6 Å². The van der Waals surface area contributed by atoms with E-state index in [-0.39, 0.29) is 54.9 Å². The fraction of sp³-hybridized carbons (Fsp3) is 0.471. The molecule has 1 amide bonds. The molecule has 9 heteroatoms. The summed E-state index contributed by atoms with van der Waals surface area (Å²) in [6.07, 6.45) is 0.0604. The van der Waals surface area contributed by atoms with E-state index in [2.05, 4.69) is 10.1 Å². The van der Waals surface area contributed by atoms with Crippen molar-refractivity contribution in [2.24, 2.45) is 5.92 Å². The van der Waals surface area contributed by atoms with E-state index in [1.54, 1.807) is 24.3 Å². The first-order valence-corrected chi connectivity index (χ1v) is 8.27. The standard InChI is InChI=1S/C17H22ClNO6.Na/c1-12(2)10-16(21)23-11-24-17(22)19-9-3-4-15(20)25-14-7-5-13(18)6-8-14;/h5-8,12H,3-4,9-11H2,1-2H3,(H,19,22);/q;+1. The molecule has 0 aliphatic heterocycles. The summed E-state index contributed by atoms with van der Waals surface area (Å²) in [5.41, 5.74) is 0. The zero-order valence-electron chi connectivity index (χ0n) is 15.2. The topological polar surface area (TPSA) is 90.9 Å². The summed E-state index contributed by atoms with van der Waals surface area (Å²) in [4.78, 5) is 34.2. The quantitative estimate of drug-likeness (QED) is 0.213. The number of rotatable bonds is 9. The Bertz CT molecular complexity index is 579. The third-order valence-corrected chi connectivity index (χ3v) is 3.11. The monoisotopic (exact) mass is 394 g/mol. The van der Waals surface area contributed by atoms with Crippen LogP contribution in [0.1, 0.15) is 33.1 Å². The minimum absolute atomic E-state index is 0. The van der Waals surface area contributed by atoms with E-state index in [4.69, 9.17) is 21.1 Å². The van der Waals surface area contributed by atoms with Crippen LogP contribution in [-0.4, -0.2) is 31.4 Å². The summed E-state index contributed by atoms with van der Waals surface area (Å²) in [6.45, 7) is 3.56. The van der Waals surface area contributed by atoms with Gasteiger partial charge in [0.05, 0.1) is 0 Å². The van der Waals surface area contributed by atoms with Gasteiger partial charge in [-0.15, -0.1) is 0 Å². The Morgan fingerprint density at radius 1 is 1.08 bits per heavy atom. The molecule has 26 heavy (non-hydrogen) atoms. The van der Waals surface area contributed by atoms with E-state index in [9.17, 15) is 14.4 Å². The van der Waals surface area contributed by atoms with Crippen molar-refractivity contribution in [3.05, 3.63) is 29.3 Å². The molecule has 0 saturated heterocycles. The molecule has 0 radical (unpaired) electrons. The minimum Gasteiger partial charge on any atom is -0.428 e. The van der Waals surface area contributed by atoms with Crippen LogP contribution in [0.4, 0.5) is 4.79 Å². The normalized spacial score (nSPS) is 9.85. The molecule has 7 nitrogen and oxygen atoms in total. The average Bonchev–Trinajstić information content (AvgIpc) is 2.53. The zero-order chi connectivity index (χ0) is 18.7. The molecule has 1 N–H and O–H groups in total. The molecule has 0 saturated carbocycles. The molecule has 0 atom stereocenters. The Hall–Kier alpha value is -1.28. The molecule has 0 bridgehead atoms. The van der Waals surface area contributed by atoms with E-state index in [1.165, 1.54) is 0 Å². The first-order valence-electron chi connectivity index (χ1n) is 7.89. The molecule has 1 aromatic rings. The number of carbonyl (C=O) groups excluding carboxylic acids is 3. The van der Waals surface area contributed by atoms with Crippen molar-refractivity contribution >= 4 is 29.6 Å². The van der Waals surface area contributed by atoms with Crippen molar-refractivity contribution in [1.82, 2.24) is 5.32 Å². The second-order valence-corrected chi connectivity index (χ2v) is 6.06. The number of amides is 1. The number of hydrogen-bond acceptors (Lipinski definition) is 6. The largest absolute Gasteiger partial charge is 1.00 e. The number of benzene rings is 1. The number of hydrogen-bond donors (Lipinski definition) is 1. The molecule has 0 heterocycles. The maximum absolute atomic E-state index is 11.6. The third-order valence-electron chi connectivity index (χ3n) is 2.86. The van der Waals surface area contributed by atoms with Gasteiger partial charge in [0.1, 0.15) is 5.75 Å². The van der Waals surface area contributed by atoms with E-state index in [1.807, 2.05) is 13.8 Å². The van der Waals surface area contributed by atoms with Gasteiger partial charge in [-0.25, -0.2) is 4.79 Å². The number of alkyl carbamates (subject to hydrolysis) is 1. The van der Waals surface area contributed by atoms with Gasteiger partial charge in [-0.3, -0.25) is 9.59 Å². The second kappa shape index (κ2) is 13.9. The van der Waals surface area contributed by atoms with Crippen molar-refractivity contribution in [2.75, 3.05) is 13.3 Å². The van der Waals surface area contributed by atoms with Crippen LogP contribution in [0.5, 0.6) is 5.75 Å². The molecule has 0 aliphatic carbocycles. The van der Waals surface area contributed by atoms with E-state index < -0.39 is 24.8 Å². The molecule has 0 unspecified atom stereocenters. The van der Waals surface area contributed by atoms with Gasteiger partial charge in [-0.2, -0.15) is 0 Å². The van der Waals surface area contributed by atoms with Crippen LogP contribution in [0.15, 0.2) is 24.3 Å². The SMILES string of the molecule is CC(C)CC(=O)OCOC(=O)NCCCC(=O)Oc1ccc(Cl)cc1.[Na+]. The third kappa shape index (κ3) is 12.1. The average molecular weight is 395 g/mol. The predicted octanol–water partition coefficient (Wildman–Crippen LogP) is 0.303. The Kier molecular flexibility index (Phi) is 13.2. The molecule has 138 valence electrons. The van der Waals surface area contributed by atoms with Gasteiger partial charge in [0, 0.05) is 24.4 Å². The molecular weight excluding hydrogens is 373 g/mol. The van der Waals surface area contributed by atoms with Crippen LogP contribution in [0.25, 0.3) is 0 Å². The van der Waals surface area contributed by atoms with E-state index >= 15 is 0 Å². The van der Waals surface area contributed by atoms with Gasteiger partial charge < -0.3 is 19.5 Å². The minimum atomic E-state index is -0.719. The van der Waals surface area contributed by atoms with Gasteiger partial charge in [0.2, 0.25) is 6.79 Å². The number of ether oxygens (including phenoxy) is 3. The molecule has 0 spiro atoms. The second-order valence-electron chi connectivity index (χ2n) is 5.62. The van der Waals surface area contributed by atoms with Crippen molar-refractivity contribution in [2.45, 2.75) is 33.1 Å². The van der Waals surface area contributed by atoms with Gasteiger partial charge >= 0.3 is 47.6 Å². The maximum Gasteiger partial charge on any atom is 1.00 e. The van der Waals surface area contributed by atoms with Crippen LogP contribution in [0.3, 0.4) is 0 Å². The van der Waals surface area contributed by atoms with Crippen molar-refractivity contribution < 1.29 is 58.2 Å².